The highest BCUT2D eigenvalue weighted by molar-refractivity contribution is 5.38. The van der Waals surface area contributed by atoms with Gasteiger partial charge >= 0.3 is 0 Å². The number of halogens is 2. The van der Waals surface area contributed by atoms with Crippen LogP contribution in [0.1, 0.15) is 37.3 Å². The first-order valence-corrected chi connectivity index (χ1v) is 5.74. The molecule has 0 N–H and O–H groups in total. The molecule has 0 saturated heterocycles. The van der Waals surface area contributed by atoms with Gasteiger partial charge in [0.2, 0.25) is 0 Å². The van der Waals surface area contributed by atoms with E-state index < -0.39 is 6.43 Å². The van der Waals surface area contributed by atoms with Crippen LogP contribution in [0.3, 0.4) is 0 Å². The molecule has 1 aromatic rings. The van der Waals surface area contributed by atoms with Crippen LogP contribution in [-0.4, -0.2) is 6.61 Å². The molecule has 1 saturated carbocycles. The van der Waals surface area contributed by atoms with E-state index in [9.17, 15) is 8.78 Å². The van der Waals surface area contributed by atoms with E-state index in [1.807, 2.05) is 6.92 Å². The molecule has 0 amide bonds. The monoisotopic (exact) mass is 226 g/mol. The average Bonchev–Trinajstić information content (AvgIpc) is 3.09. The Morgan fingerprint density at radius 1 is 1.38 bits per heavy atom. The van der Waals surface area contributed by atoms with Crippen molar-refractivity contribution >= 4 is 0 Å². The second-order valence-electron chi connectivity index (χ2n) is 4.28. The van der Waals surface area contributed by atoms with E-state index in [2.05, 4.69) is 0 Å². The second-order valence-corrected chi connectivity index (χ2v) is 4.28. The van der Waals surface area contributed by atoms with Gasteiger partial charge in [0.15, 0.2) is 0 Å². The van der Waals surface area contributed by atoms with Crippen LogP contribution in [0.5, 0.6) is 5.75 Å². The molecule has 3 heteroatoms. The maximum absolute atomic E-state index is 12.7. The summed E-state index contributed by atoms with van der Waals surface area (Å²) in [6, 6.07) is 4.96. The standard InChI is InChI=1S/C13H16F2O/c1-2-9-5-6-11(13(14)15)12(7-9)16-8-10-3-4-10/h5-7,10,13H,2-4,8H2,1H3. The molecule has 1 aromatic carbocycles. The summed E-state index contributed by atoms with van der Waals surface area (Å²) < 4.78 is 30.9. The van der Waals surface area contributed by atoms with Gasteiger partial charge in [-0.2, -0.15) is 0 Å². The Labute approximate surface area is 94.4 Å². The first-order chi connectivity index (χ1) is 7.70. The predicted octanol–water partition coefficient (Wildman–Crippen LogP) is 3.98. The van der Waals surface area contributed by atoms with Crippen LogP contribution < -0.4 is 4.74 Å². The molecule has 0 heterocycles. The van der Waals surface area contributed by atoms with Gasteiger partial charge < -0.3 is 4.74 Å². The minimum Gasteiger partial charge on any atom is -0.493 e. The Bertz CT molecular complexity index is 359. The van der Waals surface area contributed by atoms with Gasteiger partial charge in [0.1, 0.15) is 5.75 Å². The lowest BCUT2D eigenvalue weighted by Gasteiger charge is -2.12. The Kier molecular flexibility index (Phi) is 3.42. The first kappa shape index (κ1) is 11.4. The zero-order chi connectivity index (χ0) is 11.5. The number of alkyl halides is 2. The van der Waals surface area contributed by atoms with Crippen LogP contribution in [0.15, 0.2) is 18.2 Å². The predicted molar refractivity (Wildman–Crippen MR) is 59.0 cm³/mol. The molecule has 0 atom stereocenters. The van der Waals surface area contributed by atoms with Gasteiger partial charge in [-0.05, 0) is 42.9 Å². The molecular formula is C13H16F2O. The van der Waals surface area contributed by atoms with Crippen molar-refractivity contribution in [2.45, 2.75) is 32.6 Å². The number of rotatable bonds is 5. The van der Waals surface area contributed by atoms with Gasteiger partial charge in [-0.3, -0.25) is 0 Å². The van der Waals surface area contributed by atoms with E-state index in [1.54, 1.807) is 12.1 Å². The number of benzene rings is 1. The van der Waals surface area contributed by atoms with E-state index in [-0.39, 0.29) is 5.56 Å². The van der Waals surface area contributed by atoms with Crippen molar-refractivity contribution in [3.63, 3.8) is 0 Å². The van der Waals surface area contributed by atoms with Gasteiger partial charge in [-0.25, -0.2) is 8.78 Å². The maximum Gasteiger partial charge on any atom is 0.267 e. The lowest BCUT2D eigenvalue weighted by Crippen LogP contribution is -2.02. The summed E-state index contributed by atoms with van der Waals surface area (Å²) in [5.41, 5.74) is 1.05. The molecule has 1 fully saturated rings. The molecule has 0 bridgehead atoms. The third-order valence-corrected chi connectivity index (χ3v) is 2.89. The zero-order valence-electron chi connectivity index (χ0n) is 9.38. The minimum atomic E-state index is -2.46. The molecule has 1 aliphatic carbocycles. The summed E-state index contributed by atoms with van der Waals surface area (Å²) in [5, 5.41) is 0. The summed E-state index contributed by atoms with van der Waals surface area (Å²) >= 11 is 0. The summed E-state index contributed by atoms with van der Waals surface area (Å²) in [6.07, 6.45) is 0.707. The number of hydrogen-bond donors (Lipinski definition) is 0. The van der Waals surface area contributed by atoms with Crippen LogP contribution in [0.4, 0.5) is 8.78 Å². The lowest BCUT2D eigenvalue weighted by atomic mass is 10.1. The molecule has 0 aromatic heterocycles. The molecule has 0 unspecified atom stereocenters. The van der Waals surface area contributed by atoms with E-state index >= 15 is 0 Å². The van der Waals surface area contributed by atoms with Crippen LogP contribution in [0.25, 0.3) is 0 Å². The smallest absolute Gasteiger partial charge is 0.267 e. The number of ether oxygens (including phenoxy) is 1. The summed E-state index contributed by atoms with van der Waals surface area (Å²) in [4.78, 5) is 0. The van der Waals surface area contributed by atoms with Crippen molar-refractivity contribution < 1.29 is 13.5 Å². The van der Waals surface area contributed by atoms with Crippen molar-refractivity contribution in [3.05, 3.63) is 29.3 Å². The molecule has 0 spiro atoms. The van der Waals surface area contributed by atoms with Crippen LogP contribution >= 0.6 is 0 Å². The third kappa shape index (κ3) is 2.71. The van der Waals surface area contributed by atoms with Gasteiger partial charge in [-0.1, -0.05) is 13.0 Å². The van der Waals surface area contributed by atoms with Crippen molar-refractivity contribution in [2.75, 3.05) is 6.61 Å². The van der Waals surface area contributed by atoms with Crippen molar-refractivity contribution in [2.24, 2.45) is 5.92 Å². The Morgan fingerprint density at radius 3 is 2.69 bits per heavy atom. The number of aryl methyl sites for hydroxylation is 1. The number of hydrogen-bond acceptors (Lipinski definition) is 1. The molecular weight excluding hydrogens is 210 g/mol. The van der Waals surface area contributed by atoms with Gasteiger partial charge in [0.05, 0.1) is 12.2 Å². The fourth-order valence-electron chi connectivity index (χ4n) is 1.60. The fraction of sp³-hybridized carbons (Fsp3) is 0.538. The van der Waals surface area contributed by atoms with E-state index in [4.69, 9.17) is 4.74 Å². The molecule has 0 radical (unpaired) electrons. The fourth-order valence-corrected chi connectivity index (χ4v) is 1.60. The lowest BCUT2D eigenvalue weighted by molar-refractivity contribution is 0.144. The van der Waals surface area contributed by atoms with Crippen LogP contribution in [-0.2, 0) is 6.42 Å². The summed E-state index contributed by atoms with van der Waals surface area (Å²) in [5.74, 6) is 0.942. The summed E-state index contributed by atoms with van der Waals surface area (Å²) in [7, 11) is 0. The van der Waals surface area contributed by atoms with Crippen LogP contribution in [0, 0.1) is 5.92 Å². The quantitative estimate of drug-likeness (QED) is 0.738. The topological polar surface area (TPSA) is 9.23 Å². The van der Waals surface area contributed by atoms with Crippen molar-refractivity contribution in [1.82, 2.24) is 0 Å². The van der Waals surface area contributed by atoms with E-state index in [1.165, 1.54) is 6.07 Å². The summed E-state index contributed by atoms with van der Waals surface area (Å²) in [6.45, 7) is 2.58. The Hall–Kier alpha value is -1.12. The van der Waals surface area contributed by atoms with Gasteiger partial charge in [0, 0.05) is 0 Å². The normalized spacial score (nSPS) is 15.5. The van der Waals surface area contributed by atoms with Gasteiger partial charge in [-0.15, -0.1) is 0 Å². The Morgan fingerprint density at radius 2 is 2.12 bits per heavy atom. The molecule has 1 aliphatic rings. The van der Waals surface area contributed by atoms with E-state index in [0.29, 0.717) is 18.3 Å². The third-order valence-electron chi connectivity index (χ3n) is 2.89. The molecule has 0 aliphatic heterocycles. The zero-order valence-corrected chi connectivity index (χ0v) is 9.38. The first-order valence-electron chi connectivity index (χ1n) is 5.74. The Balaban J connectivity index is 2.14. The van der Waals surface area contributed by atoms with E-state index in [0.717, 1.165) is 24.8 Å². The molecule has 2 rings (SSSR count). The highest BCUT2D eigenvalue weighted by Gasteiger charge is 2.23. The van der Waals surface area contributed by atoms with Crippen LogP contribution in [0.2, 0.25) is 0 Å². The van der Waals surface area contributed by atoms with Gasteiger partial charge in [0.25, 0.3) is 6.43 Å². The molecule has 1 nitrogen and oxygen atoms in total. The molecule has 16 heavy (non-hydrogen) atoms. The van der Waals surface area contributed by atoms with Crippen molar-refractivity contribution in [1.29, 1.82) is 0 Å². The SMILES string of the molecule is CCc1ccc(C(F)F)c(OCC2CC2)c1. The largest absolute Gasteiger partial charge is 0.493 e. The minimum absolute atomic E-state index is 0.0119. The molecule has 88 valence electrons. The maximum atomic E-state index is 12.7. The second kappa shape index (κ2) is 4.81. The highest BCUT2D eigenvalue weighted by Crippen LogP contribution is 2.33. The highest BCUT2D eigenvalue weighted by atomic mass is 19.3. The average molecular weight is 226 g/mol. The van der Waals surface area contributed by atoms with Crippen molar-refractivity contribution in [3.8, 4) is 5.75 Å².